The Kier molecular flexibility index (Phi) is 7.13. The first-order valence-corrected chi connectivity index (χ1v) is 5.70. The zero-order chi connectivity index (χ0) is 11.7. The lowest BCUT2D eigenvalue weighted by molar-refractivity contribution is -0.923. The molecule has 0 aliphatic carbocycles. The number of carbonyl (C=O) groups excluding carboxylic acids is 1. The third-order valence-corrected chi connectivity index (χ3v) is 3.18. The molecule has 0 amide bonds. The molecule has 0 aliphatic heterocycles. The molecule has 0 fully saturated rings. The predicted octanol–water partition coefficient (Wildman–Crippen LogP) is 2.04. The van der Waals surface area contributed by atoms with Crippen LogP contribution in [0.2, 0.25) is 0 Å². The first-order valence-electron chi connectivity index (χ1n) is 5.70. The van der Waals surface area contributed by atoms with E-state index >= 15 is 0 Å². The van der Waals surface area contributed by atoms with Gasteiger partial charge >= 0.3 is 6.16 Å². The van der Waals surface area contributed by atoms with E-state index in [1.54, 1.807) is 0 Å². The molecule has 0 aromatic carbocycles. The molecule has 0 radical (unpaired) electrons. The van der Waals surface area contributed by atoms with Gasteiger partial charge in [-0.25, -0.2) is 4.79 Å². The third-order valence-electron chi connectivity index (χ3n) is 3.18. The van der Waals surface area contributed by atoms with Gasteiger partial charge in [0.25, 0.3) is 0 Å². The maximum absolute atomic E-state index is 10.7. The first kappa shape index (κ1) is 14.2. The highest BCUT2D eigenvalue weighted by Crippen LogP contribution is 2.07. The minimum atomic E-state index is -0.586. The lowest BCUT2D eigenvalue weighted by atomic mass is 10.3. The van der Waals surface area contributed by atoms with E-state index in [2.05, 4.69) is 25.5 Å². The van der Waals surface area contributed by atoms with Gasteiger partial charge in [-0.2, -0.15) is 0 Å². The summed E-state index contributed by atoms with van der Waals surface area (Å²) in [4.78, 5) is 10.7. The van der Waals surface area contributed by atoms with Crippen molar-refractivity contribution in [2.45, 2.75) is 27.2 Å². The Bertz CT molecular complexity index is 170. The van der Waals surface area contributed by atoms with Crippen molar-refractivity contribution in [2.24, 2.45) is 0 Å². The van der Waals surface area contributed by atoms with E-state index in [1.165, 1.54) is 7.11 Å². The number of hydrogen-bond donors (Lipinski definition) is 0. The van der Waals surface area contributed by atoms with Crippen molar-refractivity contribution < 1.29 is 18.8 Å². The summed E-state index contributed by atoms with van der Waals surface area (Å²) in [6.45, 7) is 11.5. The predicted molar refractivity (Wildman–Crippen MR) is 59.7 cm³/mol. The Morgan fingerprint density at radius 2 is 1.67 bits per heavy atom. The summed E-state index contributed by atoms with van der Waals surface area (Å²) >= 11 is 0. The Balaban J connectivity index is 3.76. The molecule has 0 heterocycles. The molecule has 0 saturated heterocycles. The maximum atomic E-state index is 10.7. The van der Waals surface area contributed by atoms with Crippen molar-refractivity contribution in [3.8, 4) is 0 Å². The number of ether oxygens (including phenoxy) is 2. The van der Waals surface area contributed by atoms with Crippen LogP contribution in [0.4, 0.5) is 4.79 Å². The summed E-state index contributed by atoms with van der Waals surface area (Å²) in [7, 11) is 1.33. The van der Waals surface area contributed by atoms with Gasteiger partial charge in [0.05, 0.1) is 33.3 Å². The van der Waals surface area contributed by atoms with Gasteiger partial charge in [0.2, 0.25) is 0 Å². The Morgan fingerprint density at radius 3 is 2.07 bits per heavy atom. The van der Waals surface area contributed by atoms with Gasteiger partial charge in [0.1, 0.15) is 6.61 Å². The highest BCUT2D eigenvalue weighted by Gasteiger charge is 2.19. The smallest absolute Gasteiger partial charge is 0.438 e. The number of quaternary nitrogens is 1. The maximum Gasteiger partial charge on any atom is 0.507 e. The molecule has 4 nitrogen and oxygen atoms in total. The van der Waals surface area contributed by atoms with E-state index in [9.17, 15) is 4.79 Å². The van der Waals surface area contributed by atoms with Crippen LogP contribution < -0.4 is 0 Å². The van der Waals surface area contributed by atoms with Crippen molar-refractivity contribution in [2.75, 3.05) is 39.9 Å². The van der Waals surface area contributed by atoms with Gasteiger partial charge in [0, 0.05) is 6.42 Å². The van der Waals surface area contributed by atoms with Crippen LogP contribution >= 0.6 is 0 Å². The summed E-state index contributed by atoms with van der Waals surface area (Å²) in [6, 6.07) is 0. The average Bonchev–Trinajstić information content (AvgIpc) is 2.30. The van der Waals surface area contributed by atoms with E-state index in [1.807, 2.05) is 0 Å². The Morgan fingerprint density at radius 1 is 1.13 bits per heavy atom. The molecule has 0 aliphatic rings. The molecule has 90 valence electrons. The first-order chi connectivity index (χ1) is 7.14. The fraction of sp³-hybridized carbons (Fsp3) is 0.909. The highest BCUT2D eigenvalue weighted by atomic mass is 16.7. The SMILES string of the molecule is CC[N+](CC)(CC)CCCOC(=O)OC. The normalized spacial score (nSPS) is 11.2. The summed E-state index contributed by atoms with van der Waals surface area (Å²) < 4.78 is 10.3. The average molecular weight is 218 g/mol. The molecule has 0 N–H and O–H groups in total. The van der Waals surface area contributed by atoms with Crippen molar-refractivity contribution in [3.05, 3.63) is 0 Å². The molecule has 0 unspecified atom stereocenters. The number of hydrogen-bond acceptors (Lipinski definition) is 3. The van der Waals surface area contributed by atoms with Crippen LogP contribution in [0.3, 0.4) is 0 Å². The van der Waals surface area contributed by atoms with Crippen molar-refractivity contribution >= 4 is 6.16 Å². The summed E-state index contributed by atoms with van der Waals surface area (Å²) in [6.07, 6.45) is 0.308. The van der Waals surface area contributed by atoms with E-state index in [-0.39, 0.29) is 0 Å². The van der Waals surface area contributed by atoms with E-state index in [4.69, 9.17) is 4.74 Å². The molecule has 15 heavy (non-hydrogen) atoms. The lowest BCUT2D eigenvalue weighted by Crippen LogP contribution is -2.48. The van der Waals surface area contributed by atoms with Crippen LogP contribution in [0.15, 0.2) is 0 Å². The van der Waals surface area contributed by atoms with Gasteiger partial charge < -0.3 is 14.0 Å². The van der Waals surface area contributed by atoms with E-state index < -0.39 is 6.16 Å². The van der Waals surface area contributed by atoms with E-state index in [0.717, 1.165) is 37.1 Å². The van der Waals surface area contributed by atoms with Crippen LogP contribution in [0.5, 0.6) is 0 Å². The largest absolute Gasteiger partial charge is 0.507 e. The molecule has 0 aromatic rings. The molecular formula is C11H24NO3+. The zero-order valence-corrected chi connectivity index (χ0v) is 10.4. The summed E-state index contributed by atoms with van der Waals surface area (Å²) in [5.41, 5.74) is 0. The number of nitrogens with zero attached hydrogens (tertiary/aromatic N) is 1. The monoisotopic (exact) mass is 218 g/mol. The topological polar surface area (TPSA) is 35.5 Å². The summed E-state index contributed by atoms with van der Waals surface area (Å²) in [5, 5.41) is 0. The molecular weight excluding hydrogens is 194 g/mol. The van der Waals surface area contributed by atoms with Gasteiger partial charge in [-0.15, -0.1) is 0 Å². The molecule has 0 spiro atoms. The number of methoxy groups -OCH3 is 1. The van der Waals surface area contributed by atoms with E-state index in [0.29, 0.717) is 6.61 Å². The van der Waals surface area contributed by atoms with Crippen LogP contribution in [-0.4, -0.2) is 50.5 Å². The van der Waals surface area contributed by atoms with Crippen LogP contribution in [-0.2, 0) is 9.47 Å². The molecule has 0 atom stereocenters. The second-order valence-electron chi connectivity index (χ2n) is 3.67. The van der Waals surface area contributed by atoms with Crippen molar-refractivity contribution in [3.63, 3.8) is 0 Å². The van der Waals surface area contributed by atoms with Crippen LogP contribution in [0.25, 0.3) is 0 Å². The molecule has 0 bridgehead atoms. The zero-order valence-electron chi connectivity index (χ0n) is 10.4. The molecule has 0 aromatic heterocycles. The third kappa shape index (κ3) is 5.02. The van der Waals surface area contributed by atoms with Crippen LogP contribution in [0, 0.1) is 0 Å². The lowest BCUT2D eigenvalue weighted by Gasteiger charge is -2.35. The number of rotatable bonds is 7. The minimum Gasteiger partial charge on any atom is -0.438 e. The van der Waals surface area contributed by atoms with Gasteiger partial charge in [-0.3, -0.25) is 0 Å². The second kappa shape index (κ2) is 7.51. The van der Waals surface area contributed by atoms with Gasteiger partial charge in [0.15, 0.2) is 0 Å². The van der Waals surface area contributed by atoms with Gasteiger partial charge in [-0.05, 0) is 20.8 Å². The van der Waals surface area contributed by atoms with Crippen molar-refractivity contribution in [1.82, 2.24) is 0 Å². The molecule has 4 heteroatoms. The minimum absolute atomic E-state index is 0.451. The van der Waals surface area contributed by atoms with Crippen molar-refractivity contribution in [1.29, 1.82) is 0 Å². The Labute approximate surface area is 92.7 Å². The summed E-state index contributed by atoms with van der Waals surface area (Å²) in [5.74, 6) is 0. The number of carbonyl (C=O) groups is 1. The Hall–Kier alpha value is -0.770. The quantitative estimate of drug-likeness (QED) is 0.372. The standard InChI is InChI=1S/C11H24NO3/c1-5-12(6-2,7-3)9-8-10-15-11(13)14-4/h5-10H2,1-4H3/q+1. The highest BCUT2D eigenvalue weighted by molar-refractivity contribution is 5.59. The second-order valence-corrected chi connectivity index (χ2v) is 3.67. The molecule has 0 rings (SSSR count). The van der Waals surface area contributed by atoms with Crippen LogP contribution in [0.1, 0.15) is 27.2 Å². The fourth-order valence-corrected chi connectivity index (χ4v) is 1.76. The fourth-order valence-electron chi connectivity index (χ4n) is 1.76. The molecule has 0 saturated carbocycles. The van der Waals surface area contributed by atoms with Gasteiger partial charge in [-0.1, -0.05) is 0 Å².